The average Bonchev–Trinajstić information content (AvgIpc) is 2.82. The Bertz CT molecular complexity index is 1600. The molecule has 0 bridgehead atoms. The Morgan fingerprint density at radius 3 is 1.17 bits per heavy atom. The van der Waals surface area contributed by atoms with Gasteiger partial charge in [-0.15, -0.1) is 4.33 Å². The molecule has 0 aromatic heterocycles. The first-order chi connectivity index (χ1) is 17.7. The van der Waals surface area contributed by atoms with E-state index in [-0.39, 0.29) is 73.8 Å². The largest absolute Gasteiger partial charge is 1.00 e. The van der Waals surface area contributed by atoms with Crippen LogP contribution in [0.25, 0.3) is 0 Å². The van der Waals surface area contributed by atoms with E-state index in [1.807, 2.05) is 13.8 Å². The van der Waals surface area contributed by atoms with E-state index in [1.165, 1.54) is 18.2 Å². The van der Waals surface area contributed by atoms with Crippen molar-refractivity contribution in [1.82, 2.24) is 0 Å². The van der Waals surface area contributed by atoms with Crippen LogP contribution in [0.2, 0.25) is 0 Å². The van der Waals surface area contributed by atoms with Gasteiger partial charge in [0.15, 0.2) is 0 Å². The predicted octanol–water partition coefficient (Wildman–Crippen LogP) is -1.48. The topological polar surface area (TPSA) is 178 Å². The predicted molar refractivity (Wildman–Crippen MR) is 144 cm³/mol. The van der Waals surface area contributed by atoms with Crippen LogP contribution in [-0.2, 0) is 34.7 Å². The van der Waals surface area contributed by atoms with E-state index in [2.05, 4.69) is 4.33 Å². The van der Waals surface area contributed by atoms with Crippen LogP contribution in [0.15, 0.2) is 57.2 Å². The minimum absolute atomic E-state index is 0. The summed E-state index contributed by atoms with van der Waals surface area (Å²) in [5, 5.41) is 8.17. The van der Waals surface area contributed by atoms with E-state index in [4.69, 9.17) is 5.26 Å². The third kappa shape index (κ3) is 11.8. The van der Waals surface area contributed by atoms with Gasteiger partial charge in [-0.05, 0) is 118 Å². The SMILES string of the molecule is Cc1ccc(S(=O)(=O)[O-])c(C)c1C.Cc1ccc(S(=O)(=O)[O-])c(C)c1C.Cc1cccc(S(=O)(=O)OO)c1C.[Na+].[Na+]. The second kappa shape index (κ2) is 17.0. The maximum atomic E-state index is 11.1. The van der Waals surface area contributed by atoms with Crippen molar-refractivity contribution in [3.8, 4) is 0 Å². The van der Waals surface area contributed by atoms with Gasteiger partial charge in [0.25, 0.3) is 0 Å². The zero-order chi connectivity index (χ0) is 30.5. The molecule has 0 atom stereocenters. The monoisotopic (exact) mass is 646 g/mol. The van der Waals surface area contributed by atoms with Gasteiger partial charge in [-0.2, -0.15) is 8.42 Å². The fraction of sp³-hybridized carbons (Fsp3) is 0.308. The second-order valence-electron chi connectivity index (χ2n) is 8.90. The Balaban J connectivity index is 0. The van der Waals surface area contributed by atoms with Crippen molar-refractivity contribution in [2.24, 2.45) is 0 Å². The van der Waals surface area contributed by atoms with E-state index in [1.54, 1.807) is 65.8 Å². The van der Waals surface area contributed by atoms with Crippen LogP contribution < -0.4 is 59.1 Å². The minimum atomic E-state index is -4.32. The molecule has 0 saturated heterocycles. The molecule has 41 heavy (non-hydrogen) atoms. The molecule has 0 aliphatic rings. The van der Waals surface area contributed by atoms with Crippen LogP contribution in [0.3, 0.4) is 0 Å². The van der Waals surface area contributed by atoms with Crippen molar-refractivity contribution < 1.29 is 103 Å². The molecule has 0 fully saturated rings. The van der Waals surface area contributed by atoms with E-state index < -0.39 is 30.4 Å². The molecule has 0 aliphatic heterocycles. The Labute approximate surface area is 287 Å². The first-order valence-corrected chi connectivity index (χ1v) is 15.6. The molecule has 216 valence electrons. The van der Waals surface area contributed by atoms with E-state index in [9.17, 15) is 34.4 Å². The van der Waals surface area contributed by atoms with Crippen molar-refractivity contribution in [2.75, 3.05) is 0 Å². The number of aryl methyl sites for hydroxylation is 3. The summed E-state index contributed by atoms with van der Waals surface area (Å²) in [4.78, 5) is -0.235. The Morgan fingerprint density at radius 2 is 0.854 bits per heavy atom. The van der Waals surface area contributed by atoms with Crippen molar-refractivity contribution in [3.63, 3.8) is 0 Å². The summed E-state index contributed by atoms with van der Waals surface area (Å²) in [5.74, 6) is 0. The standard InChI is InChI=1S/2C9H12O3S.C8H10O4S.2Na/c2*1-6-4-5-9(13(10,11)12)8(3)7(6)2;1-6-4-3-5-8(7(6)2)13(10,11)12-9;;/h2*4-5H,1-3H3,(H,10,11,12);3-5,9H,1-2H3;;/q;;;2*+1/p-2. The quantitative estimate of drug-likeness (QED) is 0.152. The smallest absolute Gasteiger partial charge is 0.744 e. The van der Waals surface area contributed by atoms with Crippen LogP contribution in [0.1, 0.15) is 44.5 Å². The van der Waals surface area contributed by atoms with E-state index >= 15 is 0 Å². The number of benzene rings is 3. The van der Waals surface area contributed by atoms with Crippen LogP contribution >= 0.6 is 0 Å². The Kier molecular flexibility index (Phi) is 17.6. The van der Waals surface area contributed by atoms with Gasteiger partial charge >= 0.3 is 69.2 Å². The molecule has 1 N–H and O–H groups in total. The van der Waals surface area contributed by atoms with Gasteiger partial charge in [-0.25, -0.2) is 22.1 Å². The number of rotatable bonds is 4. The summed E-state index contributed by atoms with van der Waals surface area (Å²) in [6, 6.07) is 10.8. The van der Waals surface area contributed by atoms with Crippen molar-refractivity contribution in [1.29, 1.82) is 0 Å². The van der Waals surface area contributed by atoms with Gasteiger partial charge in [0.2, 0.25) is 0 Å². The molecule has 0 amide bonds. The first-order valence-electron chi connectivity index (χ1n) is 11.4. The summed E-state index contributed by atoms with van der Waals surface area (Å²) in [7, 11) is -12.6. The molecule has 0 saturated carbocycles. The van der Waals surface area contributed by atoms with Crippen LogP contribution in [0.5, 0.6) is 0 Å². The van der Waals surface area contributed by atoms with Gasteiger partial charge < -0.3 is 9.11 Å². The van der Waals surface area contributed by atoms with Crippen molar-refractivity contribution >= 4 is 30.4 Å². The third-order valence-corrected chi connectivity index (χ3v) is 9.62. The second-order valence-corrected chi connectivity index (χ2v) is 13.1. The summed E-state index contributed by atoms with van der Waals surface area (Å²) in [5.41, 5.74) is 6.21. The fourth-order valence-electron chi connectivity index (χ4n) is 3.44. The van der Waals surface area contributed by atoms with Crippen LogP contribution in [0, 0.1) is 55.4 Å². The molecule has 3 aromatic carbocycles. The van der Waals surface area contributed by atoms with Gasteiger partial charge in [0.05, 0.1) is 14.7 Å². The minimum Gasteiger partial charge on any atom is -0.744 e. The molecule has 3 rings (SSSR count). The Morgan fingerprint density at radius 1 is 0.512 bits per heavy atom. The average molecular weight is 647 g/mol. The number of hydrogen-bond acceptors (Lipinski definition) is 10. The molecule has 0 spiro atoms. The molecule has 0 heterocycles. The summed E-state index contributed by atoms with van der Waals surface area (Å²) < 4.78 is 90.2. The number of hydrogen-bond donors (Lipinski definition) is 1. The molecule has 0 radical (unpaired) electrons. The van der Waals surface area contributed by atoms with Gasteiger partial charge in [-0.1, -0.05) is 24.3 Å². The summed E-state index contributed by atoms with van der Waals surface area (Å²) in [6.07, 6.45) is 0. The molecule has 3 aromatic rings. The summed E-state index contributed by atoms with van der Waals surface area (Å²) >= 11 is 0. The molecule has 15 heteroatoms. The van der Waals surface area contributed by atoms with Crippen LogP contribution in [-0.4, -0.2) is 39.6 Å². The molecular formula is C26H32Na2O10S3. The molecule has 0 unspecified atom stereocenters. The van der Waals surface area contributed by atoms with E-state index in [0.717, 1.165) is 27.8 Å². The van der Waals surface area contributed by atoms with E-state index in [0.29, 0.717) is 16.7 Å². The third-order valence-electron chi connectivity index (χ3n) is 6.48. The molecular weight excluding hydrogens is 614 g/mol. The van der Waals surface area contributed by atoms with Gasteiger partial charge in [0.1, 0.15) is 20.2 Å². The zero-order valence-corrected chi connectivity index (χ0v) is 31.3. The first kappa shape index (κ1) is 42.5. The van der Waals surface area contributed by atoms with Crippen LogP contribution in [0.4, 0.5) is 0 Å². The summed E-state index contributed by atoms with van der Waals surface area (Å²) in [6.45, 7) is 14.1. The zero-order valence-electron chi connectivity index (χ0n) is 24.9. The molecule has 0 aliphatic carbocycles. The van der Waals surface area contributed by atoms with Gasteiger partial charge in [-0.3, -0.25) is 0 Å². The Hall–Kier alpha value is -0.650. The molecule has 10 nitrogen and oxygen atoms in total. The maximum absolute atomic E-state index is 11.1. The normalized spacial score (nSPS) is 11.1. The van der Waals surface area contributed by atoms with Gasteiger partial charge in [0, 0.05) is 0 Å². The van der Waals surface area contributed by atoms with Crippen molar-refractivity contribution in [3.05, 3.63) is 87.0 Å². The fourth-order valence-corrected chi connectivity index (χ4v) is 5.83. The van der Waals surface area contributed by atoms with Crippen molar-refractivity contribution in [2.45, 2.75) is 70.1 Å². The maximum Gasteiger partial charge on any atom is 1.00 e.